The van der Waals surface area contributed by atoms with Crippen molar-refractivity contribution in [2.45, 2.75) is 19.9 Å². The van der Waals surface area contributed by atoms with E-state index < -0.39 is 6.55 Å². The van der Waals surface area contributed by atoms with Gasteiger partial charge < -0.3 is 15.0 Å². The molecule has 0 saturated carbocycles. The third kappa shape index (κ3) is 3.88. The van der Waals surface area contributed by atoms with E-state index in [1.807, 2.05) is 0 Å². The maximum Gasteiger partial charge on any atom is 0.320 e. The van der Waals surface area contributed by atoms with Crippen LogP contribution in [0.5, 0.6) is 5.75 Å². The van der Waals surface area contributed by atoms with Crippen molar-refractivity contribution in [3.05, 3.63) is 42.4 Å². The van der Waals surface area contributed by atoms with Crippen LogP contribution in [-0.4, -0.2) is 39.5 Å². The summed E-state index contributed by atoms with van der Waals surface area (Å²) in [6.45, 7) is -0.964. The Morgan fingerprint density at radius 2 is 2.17 bits per heavy atom. The molecule has 156 valence electrons. The van der Waals surface area contributed by atoms with E-state index in [0.717, 1.165) is 15.9 Å². The Morgan fingerprint density at radius 1 is 1.37 bits per heavy atom. The first kappa shape index (κ1) is 20.0. The SMILES string of the molecule is Cc1nc(NC(=O)CCN2C(=O)COc3ccccc32)sc1-c1nccn1C(F)F. The zero-order chi connectivity index (χ0) is 21.3. The lowest BCUT2D eigenvalue weighted by Crippen LogP contribution is -2.40. The van der Waals surface area contributed by atoms with Gasteiger partial charge in [0.05, 0.1) is 16.3 Å². The second-order valence-electron chi connectivity index (χ2n) is 6.47. The number of fused-ring (bicyclic) bond motifs is 1. The Labute approximate surface area is 174 Å². The van der Waals surface area contributed by atoms with Gasteiger partial charge >= 0.3 is 6.55 Å². The van der Waals surface area contributed by atoms with E-state index in [4.69, 9.17) is 4.74 Å². The summed E-state index contributed by atoms with van der Waals surface area (Å²) in [5.74, 6) is 0.111. The molecule has 8 nitrogen and oxygen atoms in total. The van der Waals surface area contributed by atoms with Crippen molar-refractivity contribution in [2.24, 2.45) is 0 Å². The zero-order valence-electron chi connectivity index (χ0n) is 15.8. The van der Waals surface area contributed by atoms with Crippen LogP contribution < -0.4 is 15.0 Å². The number of carbonyl (C=O) groups is 2. The average Bonchev–Trinajstić information content (AvgIpc) is 3.33. The van der Waals surface area contributed by atoms with Crippen molar-refractivity contribution >= 4 is 34.0 Å². The number of nitrogens with zero attached hydrogens (tertiary/aromatic N) is 4. The number of aryl methyl sites for hydroxylation is 1. The zero-order valence-corrected chi connectivity index (χ0v) is 16.7. The molecule has 2 amide bonds. The summed E-state index contributed by atoms with van der Waals surface area (Å²) in [6, 6.07) is 7.11. The molecular weight excluding hydrogens is 416 g/mol. The van der Waals surface area contributed by atoms with Crippen molar-refractivity contribution in [3.8, 4) is 16.5 Å². The molecule has 0 spiro atoms. The van der Waals surface area contributed by atoms with Gasteiger partial charge in [-0.1, -0.05) is 23.5 Å². The molecule has 1 aromatic carbocycles. The van der Waals surface area contributed by atoms with Crippen LogP contribution in [0.15, 0.2) is 36.7 Å². The van der Waals surface area contributed by atoms with Gasteiger partial charge in [0.2, 0.25) is 5.91 Å². The Morgan fingerprint density at radius 3 is 2.97 bits per heavy atom. The number of benzene rings is 1. The fourth-order valence-corrected chi connectivity index (χ4v) is 4.08. The first-order valence-corrected chi connectivity index (χ1v) is 9.86. The molecule has 3 heterocycles. The van der Waals surface area contributed by atoms with E-state index in [0.29, 0.717) is 22.0 Å². The van der Waals surface area contributed by atoms with Crippen molar-refractivity contribution in [2.75, 3.05) is 23.4 Å². The lowest BCUT2D eigenvalue weighted by Gasteiger charge is -2.29. The van der Waals surface area contributed by atoms with Crippen LogP contribution in [0.2, 0.25) is 0 Å². The van der Waals surface area contributed by atoms with Gasteiger partial charge in [-0.15, -0.1) is 0 Å². The number of para-hydroxylation sites is 2. The van der Waals surface area contributed by atoms with Crippen molar-refractivity contribution < 1.29 is 23.1 Å². The third-order valence-electron chi connectivity index (χ3n) is 4.50. The molecule has 4 rings (SSSR count). The topological polar surface area (TPSA) is 89.3 Å². The second kappa shape index (κ2) is 8.19. The molecule has 0 saturated heterocycles. The van der Waals surface area contributed by atoms with Crippen molar-refractivity contribution in [1.29, 1.82) is 0 Å². The molecule has 1 aliphatic heterocycles. The van der Waals surface area contributed by atoms with Crippen LogP contribution in [-0.2, 0) is 9.59 Å². The van der Waals surface area contributed by atoms with Crippen LogP contribution in [0.25, 0.3) is 10.7 Å². The monoisotopic (exact) mass is 433 g/mol. The Kier molecular flexibility index (Phi) is 5.44. The summed E-state index contributed by atoms with van der Waals surface area (Å²) < 4.78 is 32.3. The van der Waals surface area contributed by atoms with E-state index in [1.54, 1.807) is 31.2 Å². The fraction of sp³-hybridized carbons (Fsp3) is 0.263. The number of halogens is 2. The second-order valence-corrected chi connectivity index (χ2v) is 7.47. The van der Waals surface area contributed by atoms with Crippen LogP contribution in [0.4, 0.5) is 19.6 Å². The van der Waals surface area contributed by atoms with Gasteiger partial charge in [-0.25, -0.2) is 9.97 Å². The number of rotatable bonds is 6. The van der Waals surface area contributed by atoms with E-state index in [-0.39, 0.29) is 42.3 Å². The standard InChI is InChI=1S/C19H17F2N5O3S/c1-11-16(17-22-7-9-26(17)18(20)21)30-19(23-11)24-14(27)6-8-25-12-4-2-3-5-13(12)29-10-15(25)28/h2-5,7,9,18H,6,8,10H2,1H3,(H,23,24,27). The van der Waals surface area contributed by atoms with E-state index in [9.17, 15) is 18.4 Å². The number of nitrogens with one attached hydrogen (secondary N) is 1. The van der Waals surface area contributed by atoms with Gasteiger partial charge in [0, 0.05) is 25.4 Å². The number of alkyl halides is 2. The Balaban J connectivity index is 1.43. The number of carbonyl (C=O) groups excluding carboxylic acids is 2. The molecule has 1 N–H and O–H groups in total. The van der Waals surface area contributed by atoms with E-state index in [2.05, 4.69) is 15.3 Å². The highest BCUT2D eigenvalue weighted by molar-refractivity contribution is 7.19. The molecular formula is C19H17F2N5O3S. The van der Waals surface area contributed by atoms with Crippen LogP contribution >= 0.6 is 11.3 Å². The lowest BCUT2D eigenvalue weighted by molar-refractivity contribution is -0.121. The average molecular weight is 433 g/mol. The summed E-state index contributed by atoms with van der Waals surface area (Å²) in [6.07, 6.45) is 2.52. The molecule has 30 heavy (non-hydrogen) atoms. The minimum Gasteiger partial charge on any atom is -0.482 e. The first-order valence-electron chi connectivity index (χ1n) is 9.05. The normalized spacial score (nSPS) is 13.3. The predicted octanol–water partition coefficient (Wildman–Crippen LogP) is 3.46. The third-order valence-corrected chi connectivity index (χ3v) is 5.56. The lowest BCUT2D eigenvalue weighted by atomic mass is 10.2. The largest absolute Gasteiger partial charge is 0.482 e. The molecule has 2 aromatic heterocycles. The molecule has 11 heteroatoms. The summed E-state index contributed by atoms with van der Waals surface area (Å²) in [5, 5.41) is 2.95. The van der Waals surface area contributed by atoms with Gasteiger partial charge in [0.15, 0.2) is 17.6 Å². The Hall–Kier alpha value is -3.34. The first-order chi connectivity index (χ1) is 14.4. The van der Waals surface area contributed by atoms with Crippen LogP contribution in [0.3, 0.4) is 0 Å². The van der Waals surface area contributed by atoms with Crippen LogP contribution in [0, 0.1) is 6.92 Å². The maximum absolute atomic E-state index is 13.1. The van der Waals surface area contributed by atoms with Gasteiger partial charge in [-0.3, -0.25) is 14.2 Å². The fourth-order valence-electron chi connectivity index (χ4n) is 3.10. The number of amides is 2. The number of hydrogen-bond acceptors (Lipinski definition) is 6. The number of aromatic nitrogens is 3. The minimum absolute atomic E-state index is 0.0414. The summed E-state index contributed by atoms with van der Waals surface area (Å²) >= 11 is 1.07. The molecule has 0 fully saturated rings. The highest BCUT2D eigenvalue weighted by Crippen LogP contribution is 2.34. The van der Waals surface area contributed by atoms with Crippen LogP contribution in [0.1, 0.15) is 18.7 Å². The number of ether oxygens (including phenoxy) is 1. The number of anilines is 2. The molecule has 0 bridgehead atoms. The smallest absolute Gasteiger partial charge is 0.320 e. The number of thiazole rings is 1. The molecule has 0 unspecified atom stereocenters. The highest BCUT2D eigenvalue weighted by Gasteiger charge is 2.26. The van der Waals surface area contributed by atoms with Gasteiger partial charge in [-0.05, 0) is 19.1 Å². The Bertz CT molecular complexity index is 1100. The molecule has 0 radical (unpaired) electrons. The van der Waals surface area contributed by atoms with Gasteiger partial charge in [0.1, 0.15) is 5.75 Å². The molecule has 3 aromatic rings. The predicted molar refractivity (Wildman–Crippen MR) is 107 cm³/mol. The van der Waals surface area contributed by atoms with Gasteiger partial charge in [-0.2, -0.15) is 8.78 Å². The number of hydrogen-bond donors (Lipinski definition) is 1. The molecule has 1 aliphatic rings. The van der Waals surface area contributed by atoms with E-state index >= 15 is 0 Å². The molecule has 0 atom stereocenters. The highest BCUT2D eigenvalue weighted by atomic mass is 32.1. The summed E-state index contributed by atoms with van der Waals surface area (Å²) in [4.78, 5) is 34.8. The maximum atomic E-state index is 13.1. The van der Waals surface area contributed by atoms with Crippen molar-refractivity contribution in [1.82, 2.24) is 14.5 Å². The summed E-state index contributed by atoms with van der Waals surface area (Å²) in [5.41, 5.74) is 1.11. The van der Waals surface area contributed by atoms with Crippen molar-refractivity contribution in [3.63, 3.8) is 0 Å². The van der Waals surface area contributed by atoms with Gasteiger partial charge in [0.25, 0.3) is 5.91 Å². The number of imidazole rings is 1. The summed E-state index contributed by atoms with van der Waals surface area (Å²) in [7, 11) is 0. The quantitative estimate of drug-likeness (QED) is 0.643. The minimum atomic E-state index is -2.73. The van der Waals surface area contributed by atoms with E-state index in [1.165, 1.54) is 17.3 Å². The molecule has 0 aliphatic carbocycles.